The number of rotatable bonds is 7. The summed E-state index contributed by atoms with van der Waals surface area (Å²) in [4.78, 5) is 16.7. The highest BCUT2D eigenvalue weighted by atomic mass is 19.1. The molecule has 1 unspecified atom stereocenters. The lowest BCUT2D eigenvalue weighted by molar-refractivity contribution is 0.186. The zero-order valence-corrected chi connectivity index (χ0v) is 16.3. The van der Waals surface area contributed by atoms with E-state index in [0.29, 0.717) is 18.7 Å². The monoisotopic (exact) mass is 369 g/mol. The molecule has 144 valence electrons. The minimum Gasteiger partial charge on any atom is -0.336 e. The first-order valence-electron chi connectivity index (χ1n) is 9.46. The van der Waals surface area contributed by atoms with Gasteiger partial charge < -0.3 is 15.1 Å². The maximum absolute atomic E-state index is 14.0. The SMILES string of the molecule is Cc1ccc(C(CNC(=O)N(Cc2ccccc2F)C2CC2)N(C)C)cc1. The number of amides is 2. The standard InChI is InChI=1S/C22H28FN3O/c1-16-8-10-17(11-9-16)21(25(2)3)14-24-22(27)26(19-12-13-19)15-18-6-4-5-7-20(18)23/h4-11,19,21H,12-15H2,1-3H3,(H,24,27). The van der Waals surface area contributed by atoms with Crippen molar-refractivity contribution in [3.05, 3.63) is 71.0 Å². The summed E-state index contributed by atoms with van der Waals surface area (Å²) >= 11 is 0. The van der Waals surface area contributed by atoms with Gasteiger partial charge in [-0.2, -0.15) is 0 Å². The Balaban J connectivity index is 1.66. The van der Waals surface area contributed by atoms with Gasteiger partial charge in [0.25, 0.3) is 0 Å². The maximum Gasteiger partial charge on any atom is 0.318 e. The first-order chi connectivity index (χ1) is 13.0. The highest BCUT2D eigenvalue weighted by molar-refractivity contribution is 5.75. The van der Waals surface area contributed by atoms with Gasteiger partial charge in [0.15, 0.2) is 0 Å². The molecule has 0 aromatic heterocycles. The molecule has 1 atom stereocenters. The van der Waals surface area contributed by atoms with Gasteiger partial charge in [0, 0.05) is 18.2 Å². The zero-order valence-electron chi connectivity index (χ0n) is 16.3. The molecular formula is C22H28FN3O. The zero-order chi connectivity index (χ0) is 19.4. The number of hydrogen-bond donors (Lipinski definition) is 1. The highest BCUT2D eigenvalue weighted by Gasteiger charge is 2.33. The number of nitrogens with zero attached hydrogens (tertiary/aromatic N) is 2. The number of nitrogens with one attached hydrogen (secondary N) is 1. The molecule has 0 saturated heterocycles. The van der Waals surface area contributed by atoms with E-state index in [-0.39, 0.29) is 23.9 Å². The van der Waals surface area contributed by atoms with Gasteiger partial charge in [-0.15, -0.1) is 0 Å². The Labute approximate surface area is 161 Å². The van der Waals surface area contributed by atoms with Crippen molar-refractivity contribution in [1.82, 2.24) is 15.1 Å². The second-order valence-electron chi connectivity index (χ2n) is 7.53. The summed E-state index contributed by atoms with van der Waals surface area (Å²) in [6, 6.07) is 15.2. The lowest BCUT2D eigenvalue weighted by atomic mass is 10.0. The van der Waals surface area contributed by atoms with Gasteiger partial charge in [-0.05, 0) is 45.5 Å². The van der Waals surface area contributed by atoms with Crippen molar-refractivity contribution >= 4 is 6.03 Å². The second-order valence-corrected chi connectivity index (χ2v) is 7.53. The van der Waals surface area contributed by atoms with Crippen LogP contribution in [-0.4, -0.2) is 42.5 Å². The smallest absolute Gasteiger partial charge is 0.318 e. The van der Waals surface area contributed by atoms with E-state index >= 15 is 0 Å². The number of hydrogen-bond acceptors (Lipinski definition) is 2. The number of urea groups is 1. The van der Waals surface area contributed by atoms with Crippen molar-refractivity contribution in [2.24, 2.45) is 0 Å². The summed E-state index contributed by atoms with van der Waals surface area (Å²) < 4.78 is 14.0. The third-order valence-electron chi connectivity index (χ3n) is 5.08. The Hall–Kier alpha value is -2.40. The van der Waals surface area contributed by atoms with E-state index in [1.54, 1.807) is 23.1 Å². The predicted molar refractivity (Wildman–Crippen MR) is 106 cm³/mol. The van der Waals surface area contributed by atoms with Crippen molar-refractivity contribution in [2.45, 2.75) is 38.4 Å². The molecule has 4 nitrogen and oxygen atoms in total. The minimum absolute atomic E-state index is 0.0871. The summed E-state index contributed by atoms with van der Waals surface area (Å²) in [5.74, 6) is -0.262. The fourth-order valence-corrected chi connectivity index (χ4v) is 3.24. The summed E-state index contributed by atoms with van der Waals surface area (Å²) in [5, 5.41) is 3.06. The minimum atomic E-state index is -0.262. The maximum atomic E-state index is 14.0. The molecule has 5 heteroatoms. The van der Waals surface area contributed by atoms with E-state index in [1.165, 1.54) is 11.6 Å². The third kappa shape index (κ3) is 5.07. The van der Waals surface area contributed by atoms with Crippen molar-refractivity contribution in [3.8, 4) is 0 Å². The van der Waals surface area contributed by atoms with Gasteiger partial charge in [-0.3, -0.25) is 0 Å². The van der Waals surface area contributed by atoms with Gasteiger partial charge in [0.05, 0.1) is 12.6 Å². The molecule has 0 spiro atoms. The molecule has 3 rings (SSSR count). The summed E-state index contributed by atoms with van der Waals surface area (Å²) in [6.45, 7) is 2.88. The van der Waals surface area contributed by atoms with Crippen LogP contribution in [0, 0.1) is 12.7 Å². The van der Waals surface area contributed by atoms with Crippen LogP contribution >= 0.6 is 0 Å². The van der Waals surface area contributed by atoms with E-state index in [4.69, 9.17) is 0 Å². The predicted octanol–water partition coefficient (Wildman–Crippen LogP) is 4.11. The largest absolute Gasteiger partial charge is 0.336 e. The first-order valence-corrected chi connectivity index (χ1v) is 9.46. The third-order valence-corrected chi connectivity index (χ3v) is 5.08. The van der Waals surface area contributed by atoms with Crippen LogP contribution in [0.3, 0.4) is 0 Å². The van der Waals surface area contributed by atoms with Gasteiger partial charge in [0.1, 0.15) is 5.82 Å². The summed E-state index contributed by atoms with van der Waals surface area (Å²) in [6.07, 6.45) is 1.97. The Morgan fingerprint density at radius 3 is 2.41 bits per heavy atom. The van der Waals surface area contributed by atoms with Crippen LogP contribution in [-0.2, 0) is 6.54 Å². The van der Waals surface area contributed by atoms with E-state index < -0.39 is 0 Å². The number of carbonyl (C=O) groups is 1. The quantitative estimate of drug-likeness (QED) is 0.797. The molecule has 1 aliphatic carbocycles. The van der Waals surface area contributed by atoms with E-state index in [1.807, 2.05) is 14.1 Å². The lowest BCUT2D eigenvalue weighted by Crippen LogP contribution is -2.44. The number of aryl methyl sites for hydroxylation is 1. The molecule has 2 aromatic carbocycles. The van der Waals surface area contributed by atoms with Gasteiger partial charge in [0.2, 0.25) is 0 Å². The van der Waals surface area contributed by atoms with Crippen LogP contribution in [0.25, 0.3) is 0 Å². The molecular weight excluding hydrogens is 341 g/mol. The molecule has 1 saturated carbocycles. The van der Waals surface area contributed by atoms with E-state index in [0.717, 1.165) is 18.4 Å². The fourth-order valence-electron chi connectivity index (χ4n) is 3.24. The average molecular weight is 369 g/mol. The number of benzene rings is 2. The Morgan fingerprint density at radius 2 is 1.81 bits per heavy atom. The molecule has 1 fully saturated rings. The second kappa shape index (κ2) is 8.53. The van der Waals surface area contributed by atoms with Crippen molar-refractivity contribution in [3.63, 3.8) is 0 Å². The van der Waals surface area contributed by atoms with Gasteiger partial charge in [-0.1, -0.05) is 48.0 Å². The Kier molecular flexibility index (Phi) is 6.11. The molecule has 2 aromatic rings. The normalized spacial score (nSPS) is 14.9. The van der Waals surface area contributed by atoms with Gasteiger partial charge in [-0.25, -0.2) is 9.18 Å². The Bertz CT molecular complexity index is 771. The van der Waals surface area contributed by atoms with Gasteiger partial charge >= 0.3 is 6.03 Å². The molecule has 1 aliphatic rings. The Morgan fingerprint density at radius 1 is 1.15 bits per heavy atom. The number of halogens is 1. The fraction of sp³-hybridized carbons (Fsp3) is 0.409. The molecule has 27 heavy (non-hydrogen) atoms. The average Bonchev–Trinajstić information content (AvgIpc) is 3.47. The number of carbonyl (C=O) groups excluding carboxylic acids is 1. The molecule has 0 bridgehead atoms. The molecule has 0 aliphatic heterocycles. The van der Waals surface area contributed by atoms with Crippen LogP contribution in [0.2, 0.25) is 0 Å². The molecule has 0 heterocycles. The first kappa shape index (κ1) is 19.4. The molecule has 0 radical (unpaired) electrons. The van der Waals surface area contributed by atoms with Crippen molar-refractivity contribution in [1.29, 1.82) is 0 Å². The van der Waals surface area contributed by atoms with Crippen LogP contribution in [0.5, 0.6) is 0 Å². The molecule has 1 N–H and O–H groups in total. The van der Waals surface area contributed by atoms with Crippen LogP contribution < -0.4 is 5.32 Å². The molecule has 2 amide bonds. The van der Waals surface area contributed by atoms with Crippen LogP contribution in [0.4, 0.5) is 9.18 Å². The summed E-state index contributed by atoms with van der Waals surface area (Å²) in [5.41, 5.74) is 2.94. The van der Waals surface area contributed by atoms with E-state index in [9.17, 15) is 9.18 Å². The van der Waals surface area contributed by atoms with Crippen LogP contribution in [0.15, 0.2) is 48.5 Å². The lowest BCUT2D eigenvalue weighted by Gasteiger charge is -2.28. The number of likely N-dealkylation sites (N-methyl/N-ethyl adjacent to an activating group) is 1. The highest BCUT2D eigenvalue weighted by Crippen LogP contribution is 2.29. The van der Waals surface area contributed by atoms with E-state index in [2.05, 4.69) is 41.4 Å². The van der Waals surface area contributed by atoms with Crippen LogP contribution in [0.1, 0.15) is 35.6 Å². The van der Waals surface area contributed by atoms with Crippen molar-refractivity contribution in [2.75, 3.05) is 20.6 Å². The summed E-state index contributed by atoms with van der Waals surface area (Å²) in [7, 11) is 4.02. The van der Waals surface area contributed by atoms with Crippen molar-refractivity contribution < 1.29 is 9.18 Å². The topological polar surface area (TPSA) is 35.6 Å².